The van der Waals surface area contributed by atoms with E-state index >= 15 is 0 Å². The molecule has 0 aromatic heterocycles. The molecule has 0 spiro atoms. The van der Waals surface area contributed by atoms with Crippen LogP contribution in [0, 0.1) is 0 Å². The summed E-state index contributed by atoms with van der Waals surface area (Å²) in [7, 11) is 0. The molecule has 0 radical (unpaired) electrons. The first-order chi connectivity index (χ1) is 15.9. The van der Waals surface area contributed by atoms with E-state index in [-0.39, 0.29) is 37.7 Å². The van der Waals surface area contributed by atoms with Crippen molar-refractivity contribution in [2.45, 2.75) is 91.6 Å². The molecule has 8 heteroatoms. The van der Waals surface area contributed by atoms with Gasteiger partial charge in [0, 0.05) is 6.42 Å². The molecular weight excluding hydrogens is 450 g/mol. The smallest absolute Gasteiger partial charge is 0.362 e. The maximum absolute atomic E-state index is 12.6. The molecule has 0 N–H and O–H groups in total. The van der Waals surface area contributed by atoms with Gasteiger partial charge < -0.3 is 18.9 Å². The zero-order valence-electron chi connectivity index (χ0n) is 22.7. The highest BCUT2D eigenvalue weighted by atomic mass is 16.6. The Labute approximate surface area is 209 Å². The lowest BCUT2D eigenvalue weighted by molar-refractivity contribution is -0.798. The lowest BCUT2D eigenvalue weighted by Crippen LogP contribution is -2.43. The molecule has 0 bridgehead atoms. The molecule has 1 aromatic carbocycles. The molecule has 196 valence electrons. The Morgan fingerprint density at radius 2 is 1.17 bits per heavy atom. The summed E-state index contributed by atoms with van der Waals surface area (Å²) in [5, 5.41) is 0. The molecule has 0 aliphatic carbocycles. The van der Waals surface area contributed by atoms with Crippen molar-refractivity contribution < 1.29 is 37.8 Å². The number of carbonyl (C=O) groups is 3. The number of benzene rings is 1. The van der Waals surface area contributed by atoms with Crippen LogP contribution in [0.3, 0.4) is 0 Å². The molecule has 0 amide bonds. The highest BCUT2D eigenvalue weighted by Gasteiger charge is 2.57. The van der Waals surface area contributed by atoms with E-state index in [2.05, 4.69) is 0 Å². The number of quaternary nitrogens is 1. The monoisotopic (exact) mass is 492 g/mol. The number of hydrogen-bond acceptors (Lipinski definition) is 7. The fraction of sp³-hybridized carbons (Fsp3) is 0.667. The van der Waals surface area contributed by atoms with Gasteiger partial charge in [-0.3, -0.25) is 4.48 Å². The van der Waals surface area contributed by atoms with E-state index in [9.17, 15) is 14.4 Å². The van der Waals surface area contributed by atoms with E-state index in [1.54, 1.807) is 12.1 Å². The number of ether oxygens (including phenoxy) is 4. The van der Waals surface area contributed by atoms with Gasteiger partial charge in [-0.05, 0) is 80.0 Å². The molecule has 1 aliphatic heterocycles. The Kier molecular flexibility index (Phi) is 8.64. The zero-order chi connectivity index (χ0) is 26.7. The second-order valence-corrected chi connectivity index (χ2v) is 12.3. The number of nitrogens with zero attached hydrogens (tertiary/aromatic N) is 1. The fourth-order valence-electron chi connectivity index (χ4n) is 3.84. The van der Waals surface area contributed by atoms with Crippen LogP contribution in [-0.4, -0.2) is 71.5 Å². The van der Waals surface area contributed by atoms with Crippen molar-refractivity contribution in [1.29, 1.82) is 0 Å². The summed E-state index contributed by atoms with van der Waals surface area (Å²) in [6.07, 6.45) is 0.692. The molecule has 8 nitrogen and oxygen atoms in total. The number of rotatable bonds is 9. The van der Waals surface area contributed by atoms with E-state index < -0.39 is 22.8 Å². The second kappa shape index (κ2) is 10.6. The molecule has 0 saturated carbocycles. The Morgan fingerprint density at radius 1 is 0.743 bits per heavy atom. The third-order valence-electron chi connectivity index (χ3n) is 5.11. The molecule has 2 rings (SSSR count). The first-order valence-electron chi connectivity index (χ1n) is 12.1. The van der Waals surface area contributed by atoms with Gasteiger partial charge in [-0.2, -0.15) is 0 Å². The summed E-state index contributed by atoms with van der Waals surface area (Å²) in [5.41, 5.74) is -0.688. The fourth-order valence-corrected chi connectivity index (χ4v) is 3.84. The topological polar surface area (TPSA) is 88.1 Å². The second-order valence-electron chi connectivity index (χ2n) is 12.3. The Bertz CT molecular complexity index is 871. The minimum atomic E-state index is -0.590. The van der Waals surface area contributed by atoms with E-state index in [0.29, 0.717) is 23.2 Å². The van der Waals surface area contributed by atoms with Crippen LogP contribution < -0.4 is 4.74 Å². The quantitative estimate of drug-likeness (QED) is 0.224. The molecule has 35 heavy (non-hydrogen) atoms. The van der Waals surface area contributed by atoms with Crippen LogP contribution in [0.25, 0.3) is 0 Å². The van der Waals surface area contributed by atoms with Crippen molar-refractivity contribution >= 4 is 17.9 Å². The van der Waals surface area contributed by atoms with Gasteiger partial charge in [0.15, 0.2) is 19.7 Å². The predicted octanol–water partition coefficient (Wildman–Crippen LogP) is 3.83. The van der Waals surface area contributed by atoms with E-state index in [0.717, 1.165) is 5.56 Å². The van der Waals surface area contributed by atoms with Gasteiger partial charge in [0.1, 0.15) is 35.1 Å². The SMILES string of the molecule is CC(C)(C)OC(=O)COc1ccc(C[C@H]2C[N+]2(CC(=O)OC(C)(C)C)CC(=O)OC(C)(C)C)cc1. The lowest BCUT2D eigenvalue weighted by atomic mass is 10.1. The zero-order valence-corrected chi connectivity index (χ0v) is 22.7. The van der Waals surface area contributed by atoms with Crippen molar-refractivity contribution in [2.75, 3.05) is 26.2 Å². The molecule has 1 atom stereocenters. The van der Waals surface area contributed by atoms with Crippen molar-refractivity contribution in [2.24, 2.45) is 0 Å². The average Bonchev–Trinajstić information content (AvgIpc) is 3.26. The van der Waals surface area contributed by atoms with Crippen LogP contribution >= 0.6 is 0 Å². The van der Waals surface area contributed by atoms with E-state index in [1.807, 2.05) is 74.4 Å². The average molecular weight is 493 g/mol. The van der Waals surface area contributed by atoms with Crippen LogP contribution in [0.5, 0.6) is 5.75 Å². The van der Waals surface area contributed by atoms with E-state index in [4.69, 9.17) is 18.9 Å². The first-order valence-corrected chi connectivity index (χ1v) is 12.1. The summed E-state index contributed by atoms with van der Waals surface area (Å²) in [5.74, 6) is -0.506. The molecule has 1 heterocycles. The van der Waals surface area contributed by atoms with Crippen LogP contribution in [0.15, 0.2) is 24.3 Å². The number of carbonyl (C=O) groups excluding carboxylic acids is 3. The van der Waals surface area contributed by atoms with Crippen LogP contribution in [0.4, 0.5) is 0 Å². The maximum Gasteiger partial charge on any atom is 0.362 e. The summed E-state index contributed by atoms with van der Waals surface area (Å²) in [6.45, 7) is 17.2. The van der Waals surface area contributed by atoms with Crippen LogP contribution in [0.2, 0.25) is 0 Å². The van der Waals surface area contributed by atoms with Crippen LogP contribution in [0.1, 0.15) is 67.9 Å². The Hall–Kier alpha value is -2.61. The standard InChI is InChI=1S/C27H42NO7/c1-25(2,3)33-22(29)16-28(17-23(30)34-26(4,5)6)15-20(28)14-19-10-12-21(13-11-19)32-18-24(31)35-27(7,8)9/h10-13,20H,14-18H2,1-9H3/q+1/t20-/m0/s1. The molecule has 1 aromatic rings. The minimum Gasteiger partial charge on any atom is -0.482 e. The largest absolute Gasteiger partial charge is 0.482 e. The van der Waals surface area contributed by atoms with Crippen molar-refractivity contribution in [3.8, 4) is 5.75 Å². The molecule has 1 fully saturated rings. The number of esters is 3. The normalized spacial score (nSPS) is 17.3. The van der Waals surface area contributed by atoms with Gasteiger partial charge >= 0.3 is 17.9 Å². The molecular formula is C27H42NO7+. The molecule has 0 unspecified atom stereocenters. The van der Waals surface area contributed by atoms with Crippen molar-refractivity contribution in [3.63, 3.8) is 0 Å². The summed E-state index contributed by atoms with van der Waals surface area (Å²) < 4.78 is 22.1. The summed E-state index contributed by atoms with van der Waals surface area (Å²) >= 11 is 0. The third kappa shape index (κ3) is 10.7. The van der Waals surface area contributed by atoms with Gasteiger partial charge in [0.2, 0.25) is 0 Å². The minimum absolute atomic E-state index is 0.101. The van der Waals surface area contributed by atoms with Gasteiger partial charge in [0.05, 0.1) is 0 Å². The van der Waals surface area contributed by atoms with Gasteiger partial charge in [0.25, 0.3) is 0 Å². The molecule has 1 saturated heterocycles. The van der Waals surface area contributed by atoms with E-state index in [1.165, 1.54) is 0 Å². The summed E-state index contributed by atoms with van der Waals surface area (Å²) in [4.78, 5) is 37.0. The van der Waals surface area contributed by atoms with Gasteiger partial charge in [-0.25, -0.2) is 14.4 Å². The highest BCUT2D eigenvalue weighted by Crippen LogP contribution is 2.35. The summed E-state index contributed by atoms with van der Waals surface area (Å²) in [6, 6.07) is 7.57. The Balaban J connectivity index is 2.01. The predicted molar refractivity (Wildman–Crippen MR) is 132 cm³/mol. The van der Waals surface area contributed by atoms with Gasteiger partial charge in [-0.1, -0.05) is 12.1 Å². The van der Waals surface area contributed by atoms with Crippen molar-refractivity contribution in [1.82, 2.24) is 0 Å². The maximum atomic E-state index is 12.6. The first kappa shape index (κ1) is 28.6. The van der Waals surface area contributed by atoms with Crippen LogP contribution in [-0.2, 0) is 35.0 Å². The molecule has 1 aliphatic rings. The lowest BCUT2D eigenvalue weighted by Gasteiger charge is -2.25. The number of hydrogen-bond donors (Lipinski definition) is 0. The van der Waals surface area contributed by atoms with Gasteiger partial charge in [-0.15, -0.1) is 0 Å². The van der Waals surface area contributed by atoms with Crippen molar-refractivity contribution in [3.05, 3.63) is 29.8 Å². The highest BCUT2D eigenvalue weighted by molar-refractivity contribution is 5.74. The Morgan fingerprint density at radius 3 is 1.60 bits per heavy atom. The third-order valence-corrected chi connectivity index (χ3v) is 5.11.